The molecule has 0 amide bonds. The first-order valence-electron chi connectivity index (χ1n) is 10.1. The van der Waals surface area contributed by atoms with E-state index in [0.717, 1.165) is 38.5 Å². The number of hydrogen-bond donors (Lipinski definition) is 0. The van der Waals surface area contributed by atoms with Crippen LogP contribution in [0.2, 0.25) is 0 Å². The molecule has 24 heavy (non-hydrogen) atoms. The van der Waals surface area contributed by atoms with E-state index in [0.29, 0.717) is 11.5 Å². The van der Waals surface area contributed by atoms with E-state index in [1.54, 1.807) is 6.92 Å². The first kappa shape index (κ1) is 22.9. The summed E-state index contributed by atoms with van der Waals surface area (Å²) in [5, 5.41) is 0. The summed E-state index contributed by atoms with van der Waals surface area (Å²) in [5.41, 5.74) is 0.510. The fourth-order valence-corrected chi connectivity index (χ4v) is 3.06. The molecule has 0 aromatic heterocycles. The third-order valence-electron chi connectivity index (χ3n) is 4.48. The van der Waals surface area contributed by atoms with Gasteiger partial charge in [-0.05, 0) is 57.8 Å². The second kappa shape index (κ2) is 15.5. The van der Waals surface area contributed by atoms with Gasteiger partial charge in [-0.2, -0.15) is 0 Å². The first-order chi connectivity index (χ1) is 11.6. The second-order valence-corrected chi connectivity index (χ2v) is 6.93. The van der Waals surface area contributed by atoms with Crippen LogP contribution in [0.4, 0.5) is 0 Å². The van der Waals surface area contributed by atoms with Gasteiger partial charge in [-0.3, -0.25) is 0 Å². The molecule has 0 aromatic rings. The van der Waals surface area contributed by atoms with Crippen molar-refractivity contribution in [2.75, 3.05) is 0 Å². The van der Waals surface area contributed by atoms with E-state index in [1.165, 1.54) is 32.1 Å². The molecule has 0 aliphatic carbocycles. The Bertz CT molecular complexity index is 357. The van der Waals surface area contributed by atoms with E-state index in [-0.39, 0.29) is 12.1 Å². The zero-order valence-corrected chi connectivity index (χ0v) is 16.6. The quantitative estimate of drug-likeness (QED) is 0.139. The van der Waals surface area contributed by atoms with Crippen molar-refractivity contribution in [3.63, 3.8) is 0 Å². The van der Waals surface area contributed by atoms with Crippen LogP contribution < -0.4 is 0 Å². The second-order valence-electron chi connectivity index (χ2n) is 6.93. The topological polar surface area (TPSA) is 26.3 Å². The van der Waals surface area contributed by atoms with Gasteiger partial charge in [0.2, 0.25) is 0 Å². The smallest absolute Gasteiger partial charge is 0.333 e. The third kappa shape index (κ3) is 11.5. The summed E-state index contributed by atoms with van der Waals surface area (Å²) in [5.74, 6) is 0.272. The Kier molecular flexibility index (Phi) is 14.8. The molecule has 0 aliphatic rings. The molecule has 0 aromatic carbocycles. The van der Waals surface area contributed by atoms with Gasteiger partial charge in [-0.25, -0.2) is 4.79 Å². The lowest BCUT2D eigenvalue weighted by Crippen LogP contribution is -2.27. The van der Waals surface area contributed by atoms with Crippen molar-refractivity contribution in [1.29, 1.82) is 0 Å². The zero-order chi connectivity index (χ0) is 18.2. The van der Waals surface area contributed by atoms with Gasteiger partial charge >= 0.3 is 5.97 Å². The van der Waals surface area contributed by atoms with Crippen molar-refractivity contribution in [2.45, 2.75) is 104 Å². The van der Waals surface area contributed by atoms with Crippen LogP contribution in [0, 0.1) is 5.92 Å². The van der Waals surface area contributed by atoms with Gasteiger partial charge in [0.05, 0.1) is 0 Å². The molecule has 0 rings (SSSR count). The maximum Gasteiger partial charge on any atom is 0.333 e. The molecule has 0 fully saturated rings. The van der Waals surface area contributed by atoms with Gasteiger partial charge in [-0.15, -0.1) is 0 Å². The number of esters is 1. The Morgan fingerprint density at radius 1 is 0.958 bits per heavy atom. The highest BCUT2D eigenvalue weighted by atomic mass is 16.5. The predicted octanol–water partition coefficient (Wildman–Crippen LogP) is 7.00. The Labute approximate surface area is 150 Å². The zero-order valence-electron chi connectivity index (χ0n) is 16.6. The van der Waals surface area contributed by atoms with Crippen LogP contribution in [0.5, 0.6) is 0 Å². The number of allylic oxidation sites excluding steroid dienone is 2. The van der Waals surface area contributed by atoms with Gasteiger partial charge in [0, 0.05) is 5.57 Å². The third-order valence-corrected chi connectivity index (χ3v) is 4.48. The average molecular weight is 337 g/mol. The van der Waals surface area contributed by atoms with Crippen LogP contribution in [0.15, 0.2) is 24.3 Å². The van der Waals surface area contributed by atoms with Crippen molar-refractivity contribution in [1.82, 2.24) is 0 Å². The van der Waals surface area contributed by atoms with Gasteiger partial charge in [-0.1, -0.05) is 65.2 Å². The summed E-state index contributed by atoms with van der Waals surface area (Å²) in [4.78, 5) is 12.0. The Hall–Kier alpha value is -1.05. The van der Waals surface area contributed by atoms with E-state index >= 15 is 0 Å². The van der Waals surface area contributed by atoms with E-state index in [4.69, 9.17) is 4.74 Å². The van der Waals surface area contributed by atoms with Crippen LogP contribution in [0.3, 0.4) is 0 Å². The summed E-state index contributed by atoms with van der Waals surface area (Å²) < 4.78 is 5.82. The van der Waals surface area contributed by atoms with Crippen molar-refractivity contribution in [3.8, 4) is 0 Å². The van der Waals surface area contributed by atoms with Gasteiger partial charge in [0.15, 0.2) is 0 Å². The molecular formula is C22H40O2. The van der Waals surface area contributed by atoms with E-state index in [9.17, 15) is 4.79 Å². The summed E-state index contributed by atoms with van der Waals surface area (Å²) in [6.45, 7) is 12.1. The van der Waals surface area contributed by atoms with Gasteiger partial charge in [0.25, 0.3) is 0 Å². The molecule has 0 bridgehead atoms. The minimum atomic E-state index is -0.219. The maximum absolute atomic E-state index is 12.0. The number of carbonyl (C=O) groups is 1. The lowest BCUT2D eigenvalue weighted by atomic mass is 9.88. The van der Waals surface area contributed by atoms with Gasteiger partial charge in [0.1, 0.15) is 6.10 Å². The summed E-state index contributed by atoms with van der Waals surface area (Å²) in [6.07, 6.45) is 17.3. The lowest BCUT2D eigenvalue weighted by Gasteiger charge is -2.27. The number of hydrogen-bond acceptors (Lipinski definition) is 2. The van der Waals surface area contributed by atoms with Crippen molar-refractivity contribution < 1.29 is 9.53 Å². The number of carbonyl (C=O) groups excluding carboxylic acids is 1. The summed E-state index contributed by atoms with van der Waals surface area (Å²) in [7, 11) is 0. The Morgan fingerprint density at radius 2 is 1.67 bits per heavy atom. The molecule has 0 spiro atoms. The van der Waals surface area contributed by atoms with Crippen LogP contribution in [-0.2, 0) is 9.53 Å². The van der Waals surface area contributed by atoms with Crippen LogP contribution in [-0.4, -0.2) is 12.1 Å². The molecular weight excluding hydrogens is 296 g/mol. The molecule has 0 N–H and O–H groups in total. The van der Waals surface area contributed by atoms with E-state index < -0.39 is 0 Å². The number of unbranched alkanes of at least 4 members (excludes halogenated alkanes) is 4. The van der Waals surface area contributed by atoms with E-state index in [2.05, 4.69) is 39.5 Å². The molecule has 0 radical (unpaired) electrons. The normalized spacial score (nSPS) is 13.8. The Morgan fingerprint density at radius 3 is 2.25 bits per heavy atom. The molecule has 0 saturated carbocycles. The van der Waals surface area contributed by atoms with Gasteiger partial charge < -0.3 is 4.74 Å². The fraction of sp³-hybridized carbons (Fsp3) is 0.773. The lowest BCUT2D eigenvalue weighted by molar-refractivity contribution is -0.147. The number of ether oxygens (including phenoxy) is 1. The Balaban J connectivity index is 4.59. The van der Waals surface area contributed by atoms with Crippen LogP contribution >= 0.6 is 0 Å². The maximum atomic E-state index is 12.0. The molecule has 0 heterocycles. The highest BCUT2D eigenvalue weighted by Crippen LogP contribution is 2.26. The highest BCUT2D eigenvalue weighted by Gasteiger charge is 2.24. The predicted molar refractivity (Wildman–Crippen MR) is 105 cm³/mol. The average Bonchev–Trinajstić information content (AvgIpc) is 2.56. The SMILES string of the molecule is C=C(C)C(=O)OC(CCCCC)C(CCC)CCCC/C=C/CC. The molecule has 2 unspecified atom stereocenters. The molecule has 2 nitrogen and oxygen atoms in total. The first-order valence-corrected chi connectivity index (χ1v) is 10.1. The monoisotopic (exact) mass is 336 g/mol. The summed E-state index contributed by atoms with van der Waals surface area (Å²) >= 11 is 0. The standard InChI is InChI=1S/C22H40O2/c1-6-9-11-12-13-15-17-20(16-8-3)21(18-14-10-7-2)24-22(23)19(4)5/h9,11,20-21H,4,6-8,10,12-18H2,1-3,5H3/b11-9+. The molecule has 140 valence electrons. The van der Waals surface area contributed by atoms with Crippen LogP contribution in [0.1, 0.15) is 98.3 Å². The fourth-order valence-electron chi connectivity index (χ4n) is 3.06. The highest BCUT2D eigenvalue weighted by molar-refractivity contribution is 5.87. The molecule has 2 atom stereocenters. The molecule has 2 heteroatoms. The minimum absolute atomic E-state index is 0.0619. The largest absolute Gasteiger partial charge is 0.459 e. The minimum Gasteiger partial charge on any atom is -0.459 e. The molecule has 0 saturated heterocycles. The van der Waals surface area contributed by atoms with Crippen molar-refractivity contribution >= 4 is 5.97 Å². The molecule has 0 aliphatic heterocycles. The van der Waals surface area contributed by atoms with Crippen LogP contribution in [0.25, 0.3) is 0 Å². The van der Waals surface area contributed by atoms with E-state index in [1.807, 2.05) is 0 Å². The van der Waals surface area contributed by atoms with Crippen molar-refractivity contribution in [3.05, 3.63) is 24.3 Å². The summed E-state index contributed by atoms with van der Waals surface area (Å²) in [6, 6.07) is 0. The number of rotatable bonds is 15. The van der Waals surface area contributed by atoms with Crippen molar-refractivity contribution in [2.24, 2.45) is 5.92 Å².